The van der Waals surface area contributed by atoms with Gasteiger partial charge >= 0.3 is 21.3 Å². The lowest BCUT2D eigenvalue weighted by atomic mass is 10.2. The largest absolute Gasteiger partial charge is 0.445 e. The summed E-state index contributed by atoms with van der Waals surface area (Å²) < 4.78 is 53.7. The quantitative estimate of drug-likeness (QED) is 0.178. The van der Waals surface area contributed by atoms with E-state index in [1.807, 2.05) is 40.8 Å². The molecule has 29 heavy (non-hydrogen) atoms. The Bertz CT molecular complexity index is 671. The minimum Gasteiger partial charge on any atom is -0.445 e. The van der Waals surface area contributed by atoms with E-state index in [1.165, 1.54) is 7.05 Å². The molecule has 1 aromatic carbocycles. The maximum absolute atomic E-state index is 13.5. The number of ether oxygens (including phenoxy) is 1. The van der Waals surface area contributed by atoms with Gasteiger partial charge < -0.3 is 18.3 Å². The van der Waals surface area contributed by atoms with Gasteiger partial charge in [0.1, 0.15) is 11.2 Å². The molecule has 0 heterocycles. The Kier molecular flexibility index (Phi) is 11.9. The summed E-state index contributed by atoms with van der Waals surface area (Å²) in [6.07, 6.45) is -0.865. The zero-order valence-corrected chi connectivity index (χ0v) is 20.9. The zero-order chi connectivity index (χ0) is 21.9. The van der Waals surface area contributed by atoms with Crippen LogP contribution in [0.2, 0.25) is 0 Å². The molecule has 1 aromatic rings. The van der Waals surface area contributed by atoms with E-state index in [2.05, 4.69) is 0 Å². The average molecular weight is 563 g/mol. The van der Waals surface area contributed by atoms with Crippen LogP contribution in [0, 0.1) is 0 Å². The van der Waals surface area contributed by atoms with E-state index >= 15 is 0 Å². The van der Waals surface area contributed by atoms with Crippen molar-refractivity contribution < 1.29 is 36.8 Å². The van der Waals surface area contributed by atoms with Gasteiger partial charge in [-0.05, 0) is 26.3 Å². The van der Waals surface area contributed by atoms with Gasteiger partial charge in [-0.2, -0.15) is 0 Å². The van der Waals surface area contributed by atoms with Crippen LogP contribution in [0.25, 0.3) is 0 Å². The van der Waals surface area contributed by atoms with Gasteiger partial charge in [0.25, 0.3) is 0 Å². The third kappa shape index (κ3) is 7.61. The number of halogens is 1. The number of hydrogen-bond acceptors (Lipinski definition) is 8. The molecule has 2 atom stereocenters. The molecule has 1 amide bonds. The predicted octanol–water partition coefficient (Wildman–Crippen LogP) is 5.44. The van der Waals surface area contributed by atoms with E-state index < -0.39 is 26.8 Å². The molecular weight excluding hydrogens is 535 g/mol. The molecule has 0 bridgehead atoms. The van der Waals surface area contributed by atoms with Crippen molar-refractivity contribution in [2.45, 2.75) is 32.9 Å². The van der Waals surface area contributed by atoms with E-state index in [0.29, 0.717) is 0 Å². The Labute approximate surface area is 185 Å². The van der Waals surface area contributed by atoms with Crippen molar-refractivity contribution in [1.82, 2.24) is 4.90 Å². The lowest BCUT2D eigenvalue weighted by Crippen LogP contribution is -2.39. The second kappa shape index (κ2) is 13.0. The molecule has 1 rings (SSSR count). The molecule has 0 aliphatic heterocycles. The lowest BCUT2D eigenvalue weighted by molar-refractivity contribution is 0.0952. The Balaban J connectivity index is 3.24. The van der Waals surface area contributed by atoms with Crippen molar-refractivity contribution in [2.75, 3.05) is 31.5 Å². The van der Waals surface area contributed by atoms with Crippen molar-refractivity contribution in [3.63, 3.8) is 0 Å². The van der Waals surface area contributed by atoms with E-state index in [0.717, 1.165) is 10.5 Å². The van der Waals surface area contributed by atoms with E-state index in [9.17, 15) is 13.9 Å². The number of rotatable bonds is 13. The summed E-state index contributed by atoms with van der Waals surface area (Å²) in [7, 11) is -6.92. The lowest BCUT2D eigenvalue weighted by Gasteiger charge is -2.35. The fourth-order valence-electron chi connectivity index (χ4n) is 2.46. The smallest absolute Gasteiger partial charge is 0.411 e. The van der Waals surface area contributed by atoms with Crippen LogP contribution in [0.1, 0.15) is 26.3 Å². The summed E-state index contributed by atoms with van der Waals surface area (Å²) in [6.45, 7) is 4.85. The molecule has 2 unspecified atom stereocenters. The minimum absolute atomic E-state index is 0.00949. The predicted molar refractivity (Wildman–Crippen MR) is 118 cm³/mol. The van der Waals surface area contributed by atoms with Crippen molar-refractivity contribution in [3.05, 3.63) is 35.9 Å². The minimum atomic E-state index is -4.11. The highest BCUT2D eigenvalue weighted by atomic mass is 127. The van der Waals surface area contributed by atoms with Gasteiger partial charge in [-0.1, -0.05) is 52.9 Å². The molecule has 0 fully saturated rings. The molecule has 0 aliphatic carbocycles. The Morgan fingerprint density at radius 2 is 1.45 bits per heavy atom. The van der Waals surface area contributed by atoms with Crippen LogP contribution in [0.5, 0.6) is 0 Å². The highest BCUT2D eigenvalue weighted by molar-refractivity contribution is 14.1. The SMILES string of the molecule is CCOP(=O)(OCC)C(N(C)C(=O)OCc1ccccc1)P(=O)(OCC)OCI. The van der Waals surface area contributed by atoms with Crippen LogP contribution in [0.4, 0.5) is 4.79 Å². The molecule has 12 heteroatoms. The maximum atomic E-state index is 13.5. The van der Waals surface area contributed by atoms with E-state index in [4.69, 9.17) is 22.8 Å². The van der Waals surface area contributed by atoms with Crippen molar-refractivity contribution >= 4 is 43.9 Å². The molecular formula is C17H28INO8P2. The van der Waals surface area contributed by atoms with Crippen molar-refractivity contribution in [2.24, 2.45) is 0 Å². The van der Waals surface area contributed by atoms with Crippen LogP contribution in [0.3, 0.4) is 0 Å². The first kappa shape index (κ1) is 26.6. The number of amides is 1. The van der Waals surface area contributed by atoms with Gasteiger partial charge in [-0.25, -0.2) is 4.79 Å². The van der Waals surface area contributed by atoms with Gasteiger partial charge in [0, 0.05) is 7.05 Å². The van der Waals surface area contributed by atoms with Gasteiger partial charge in [0.15, 0.2) is 0 Å². The molecule has 166 valence electrons. The summed E-state index contributed by atoms with van der Waals surface area (Å²) in [5.41, 5.74) is -0.854. The number of hydrogen-bond donors (Lipinski definition) is 0. The third-order valence-corrected chi connectivity index (χ3v) is 10.2. The zero-order valence-electron chi connectivity index (χ0n) is 17.0. The molecule has 0 saturated heterocycles. The number of carbonyl (C=O) groups excluding carboxylic acids is 1. The fraction of sp³-hybridized carbons (Fsp3) is 0.588. The summed E-state index contributed by atoms with van der Waals surface area (Å²) in [5.74, 6) is 0. The normalized spacial score (nSPS) is 14.8. The third-order valence-electron chi connectivity index (χ3n) is 3.56. The summed E-state index contributed by atoms with van der Waals surface area (Å²) in [4.78, 5) is 13.6. The summed E-state index contributed by atoms with van der Waals surface area (Å²) in [5, 5.41) is 0. The second-order valence-electron chi connectivity index (χ2n) is 5.57. The monoisotopic (exact) mass is 563 g/mol. The molecule has 0 radical (unpaired) electrons. The Morgan fingerprint density at radius 3 is 1.90 bits per heavy atom. The fourth-order valence-corrected chi connectivity index (χ4v) is 8.75. The van der Waals surface area contributed by atoms with Crippen LogP contribution in [-0.4, -0.2) is 48.0 Å². The number of alkyl halides is 1. The van der Waals surface area contributed by atoms with Gasteiger partial charge in [0.05, 0.1) is 19.8 Å². The Morgan fingerprint density at radius 1 is 0.966 bits per heavy atom. The molecule has 0 aliphatic rings. The highest BCUT2D eigenvalue weighted by Crippen LogP contribution is 2.71. The number of nitrogens with zero attached hydrogens (tertiary/aromatic N) is 1. The van der Waals surface area contributed by atoms with Crippen LogP contribution in [-0.2, 0) is 38.6 Å². The number of benzene rings is 1. The average Bonchev–Trinajstić information content (AvgIpc) is 2.67. The molecule has 0 saturated carbocycles. The molecule has 0 spiro atoms. The van der Waals surface area contributed by atoms with Crippen molar-refractivity contribution in [3.8, 4) is 0 Å². The molecule has 0 aromatic heterocycles. The number of carbonyl (C=O) groups is 1. The molecule has 9 nitrogen and oxygen atoms in total. The van der Waals surface area contributed by atoms with Crippen LogP contribution < -0.4 is 0 Å². The van der Waals surface area contributed by atoms with Gasteiger partial charge in [-0.15, -0.1) is 0 Å². The first-order chi connectivity index (χ1) is 13.8. The molecule has 0 N–H and O–H groups in total. The Hall–Kier alpha value is -0.480. The van der Waals surface area contributed by atoms with Crippen LogP contribution in [0.15, 0.2) is 30.3 Å². The first-order valence-electron chi connectivity index (χ1n) is 9.05. The summed E-state index contributed by atoms with van der Waals surface area (Å²) >= 11 is 1.84. The first-order valence-corrected chi connectivity index (χ1v) is 13.8. The van der Waals surface area contributed by atoms with Crippen molar-refractivity contribution in [1.29, 1.82) is 0 Å². The standard InChI is InChI=1S/C17H28INO8P2/c1-5-24-28(21,25-6-2)17(29(22,26-7-3)27-14-18)19(4)16(20)23-13-15-11-9-8-10-12-15/h8-12,17H,5-7,13-14H2,1-4H3. The maximum Gasteiger partial charge on any atom is 0.411 e. The van der Waals surface area contributed by atoms with E-state index in [-0.39, 0.29) is 31.0 Å². The second-order valence-corrected chi connectivity index (χ2v) is 10.8. The summed E-state index contributed by atoms with van der Waals surface area (Å²) in [6, 6.07) is 9.05. The topological polar surface area (TPSA) is 101 Å². The highest BCUT2D eigenvalue weighted by Gasteiger charge is 2.55. The van der Waals surface area contributed by atoms with Gasteiger partial charge in [0.2, 0.25) is 5.52 Å². The van der Waals surface area contributed by atoms with Gasteiger partial charge in [-0.3, -0.25) is 18.6 Å². The van der Waals surface area contributed by atoms with Crippen LogP contribution >= 0.6 is 37.8 Å². The van der Waals surface area contributed by atoms with E-state index in [1.54, 1.807) is 32.9 Å².